The minimum absolute atomic E-state index is 0.149. The molecule has 1 amide bonds. The number of para-hydroxylation sites is 2. The lowest BCUT2D eigenvalue weighted by atomic mass is 10.0. The Morgan fingerprint density at radius 3 is 3.08 bits per heavy atom. The number of aromatic amines is 1. The highest BCUT2D eigenvalue weighted by molar-refractivity contribution is 5.76. The van der Waals surface area contributed by atoms with Crippen LogP contribution in [-0.4, -0.2) is 46.5 Å². The van der Waals surface area contributed by atoms with Gasteiger partial charge in [0.05, 0.1) is 11.0 Å². The summed E-state index contributed by atoms with van der Waals surface area (Å²) in [6.45, 7) is 5.18. The number of amides is 1. The van der Waals surface area contributed by atoms with Crippen molar-refractivity contribution in [2.24, 2.45) is 0 Å². The highest BCUT2D eigenvalue weighted by atomic mass is 16.1. The first-order chi connectivity index (χ1) is 11.7. The fourth-order valence-corrected chi connectivity index (χ4v) is 3.46. The lowest BCUT2D eigenvalue weighted by Crippen LogP contribution is -2.42. The molecular formula is C19H28N4O. The molecule has 0 radical (unpaired) electrons. The number of likely N-dealkylation sites (tertiary alicyclic amines) is 1. The Bertz CT molecular complexity index is 633. The van der Waals surface area contributed by atoms with Crippen molar-refractivity contribution in [3.8, 4) is 0 Å². The summed E-state index contributed by atoms with van der Waals surface area (Å²) in [6, 6.07) is 8.68. The molecule has 2 N–H and O–H groups in total. The van der Waals surface area contributed by atoms with Crippen LogP contribution in [0.4, 0.5) is 0 Å². The Morgan fingerprint density at radius 1 is 1.38 bits per heavy atom. The summed E-state index contributed by atoms with van der Waals surface area (Å²) >= 11 is 0. The van der Waals surface area contributed by atoms with E-state index < -0.39 is 0 Å². The normalized spacial score (nSPS) is 18.8. The van der Waals surface area contributed by atoms with Crippen LogP contribution in [0.25, 0.3) is 11.0 Å². The second-order valence-electron chi connectivity index (χ2n) is 6.78. The zero-order valence-electron chi connectivity index (χ0n) is 14.6. The maximum atomic E-state index is 12.0. The second kappa shape index (κ2) is 8.29. The van der Waals surface area contributed by atoms with E-state index in [1.54, 1.807) is 0 Å². The minimum Gasteiger partial charge on any atom is -0.355 e. The topological polar surface area (TPSA) is 61.0 Å². The molecule has 5 heteroatoms. The summed E-state index contributed by atoms with van der Waals surface area (Å²) in [5.41, 5.74) is 2.06. The molecule has 3 rings (SSSR count). The van der Waals surface area contributed by atoms with Crippen LogP contribution in [0.2, 0.25) is 0 Å². The van der Waals surface area contributed by atoms with Crippen molar-refractivity contribution in [1.29, 1.82) is 0 Å². The van der Waals surface area contributed by atoms with Gasteiger partial charge in [0, 0.05) is 32.0 Å². The first kappa shape index (κ1) is 17.0. The van der Waals surface area contributed by atoms with Gasteiger partial charge in [0.25, 0.3) is 0 Å². The van der Waals surface area contributed by atoms with Crippen molar-refractivity contribution in [3.05, 3.63) is 30.1 Å². The molecule has 130 valence electrons. The van der Waals surface area contributed by atoms with Crippen molar-refractivity contribution in [3.63, 3.8) is 0 Å². The Kier molecular flexibility index (Phi) is 5.86. The largest absolute Gasteiger partial charge is 0.355 e. The van der Waals surface area contributed by atoms with E-state index in [2.05, 4.69) is 27.1 Å². The van der Waals surface area contributed by atoms with Gasteiger partial charge < -0.3 is 10.3 Å². The second-order valence-corrected chi connectivity index (χ2v) is 6.78. The number of nitrogens with zero attached hydrogens (tertiary/aromatic N) is 2. The van der Waals surface area contributed by atoms with Crippen LogP contribution in [0, 0.1) is 0 Å². The number of hydrogen-bond acceptors (Lipinski definition) is 3. The van der Waals surface area contributed by atoms with Gasteiger partial charge in [-0.15, -0.1) is 0 Å². The summed E-state index contributed by atoms with van der Waals surface area (Å²) in [5.74, 6) is 1.11. The molecule has 0 bridgehead atoms. The van der Waals surface area contributed by atoms with E-state index in [-0.39, 0.29) is 5.91 Å². The zero-order valence-corrected chi connectivity index (χ0v) is 14.6. The molecule has 0 spiro atoms. The van der Waals surface area contributed by atoms with E-state index >= 15 is 0 Å². The van der Waals surface area contributed by atoms with Crippen LogP contribution in [0.15, 0.2) is 24.3 Å². The quantitative estimate of drug-likeness (QED) is 0.821. The summed E-state index contributed by atoms with van der Waals surface area (Å²) in [4.78, 5) is 22.3. The third-order valence-electron chi connectivity index (χ3n) is 4.92. The summed E-state index contributed by atoms with van der Waals surface area (Å²) < 4.78 is 0. The number of carbonyl (C=O) groups is 1. The Labute approximate surface area is 143 Å². The highest BCUT2D eigenvalue weighted by Gasteiger charge is 2.17. The van der Waals surface area contributed by atoms with Crippen LogP contribution < -0.4 is 5.32 Å². The van der Waals surface area contributed by atoms with E-state index in [0.29, 0.717) is 12.5 Å². The number of hydrogen-bond donors (Lipinski definition) is 2. The molecule has 5 nitrogen and oxygen atoms in total. The SMILES string of the molecule is C[C@@H]1CCCCN1CCNC(=O)CCCc1nc2ccccc2[nH]1. The summed E-state index contributed by atoms with van der Waals surface area (Å²) in [5, 5.41) is 3.05. The van der Waals surface area contributed by atoms with E-state index in [4.69, 9.17) is 0 Å². The smallest absolute Gasteiger partial charge is 0.220 e. The number of carbonyl (C=O) groups excluding carboxylic acids is 1. The molecule has 24 heavy (non-hydrogen) atoms. The highest BCUT2D eigenvalue weighted by Crippen LogP contribution is 2.15. The van der Waals surface area contributed by atoms with E-state index in [9.17, 15) is 4.79 Å². The maximum absolute atomic E-state index is 12.0. The fraction of sp³-hybridized carbons (Fsp3) is 0.579. The summed E-state index contributed by atoms with van der Waals surface area (Å²) in [7, 11) is 0. The molecule has 0 saturated carbocycles. The van der Waals surface area contributed by atoms with Gasteiger partial charge in [0.1, 0.15) is 5.82 Å². The number of nitrogens with one attached hydrogen (secondary N) is 2. The van der Waals surface area contributed by atoms with Crippen LogP contribution in [-0.2, 0) is 11.2 Å². The van der Waals surface area contributed by atoms with Gasteiger partial charge >= 0.3 is 0 Å². The Morgan fingerprint density at radius 2 is 2.25 bits per heavy atom. The van der Waals surface area contributed by atoms with Crippen LogP contribution in [0.1, 0.15) is 44.9 Å². The number of rotatable bonds is 7. The predicted octanol–water partition coefficient (Wildman–Crippen LogP) is 2.88. The number of fused-ring (bicyclic) bond motifs is 1. The predicted molar refractivity (Wildman–Crippen MR) is 96.9 cm³/mol. The zero-order chi connectivity index (χ0) is 16.8. The van der Waals surface area contributed by atoms with E-state index in [1.165, 1.54) is 25.8 Å². The lowest BCUT2D eigenvalue weighted by Gasteiger charge is -2.33. The molecule has 1 atom stereocenters. The number of aromatic nitrogens is 2. The van der Waals surface area contributed by atoms with Gasteiger partial charge in [0.15, 0.2) is 0 Å². The fourth-order valence-electron chi connectivity index (χ4n) is 3.46. The molecular weight excluding hydrogens is 300 g/mol. The number of H-pyrrole nitrogens is 1. The molecule has 1 aliphatic rings. The van der Waals surface area contributed by atoms with Crippen molar-refractivity contribution < 1.29 is 4.79 Å². The van der Waals surface area contributed by atoms with Gasteiger partial charge in [-0.2, -0.15) is 0 Å². The van der Waals surface area contributed by atoms with Gasteiger partial charge in [-0.3, -0.25) is 9.69 Å². The average molecular weight is 328 g/mol. The molecule has 0 aliphatic carbocycles. The molecule has 1 aromatic carbocycles. The number of aryl methyl sites for hydroxylation is 1. The van der Waals surface area contributed by atoms with Crippen molar-refractivity contribution >= 4 is 16.9 Å². The average Bonchev–Trinajstić information content (AvgIpc) is 2.99. The Hall–Kier alpha value is -1.88. The Balaban J connectivity index is 1.33. The van der Waals surface area contributed by atoms with Crippen molar-refractivity contribution in [1.82, 2.24) is 20.2 Å². The lowest BCUT2D eigenvalue weighted by molar-refractivity contribution is -0.121. The van der Waals surface area contributed by atoms with Crippen LogP contribution in [0.3, 0.4) is 0 Å². The number of piperidine rings is 1. The van der Waals surface area contributed by atoms with E-state index in [1.807, 2.05) is 24.3 Å². The van der Waals surface area contributed by atoms with Gasteiger partial charge in [0.2, 0.25) is 5.91 Å². The minimum atomic E-state index is 0.149. The van der Waals surface area contributed by atoms with Crippen LogP contribution in [0.5, 0.6) is 0 Å². The molecule has 1 fully saturated rings. The molecule has 2 aromatic rings. The molecule has 1 saturated heterocycles. The molecule has 1 aliphatic heterocycles. The maximum Gasteiger partial charge on any atom is 0.220 e. The molecule has 0 unspecified atom stereocenters. The van der Waals surface area contributed by atoms with Gasteiger partial charge in [-0.05, 0) is 44.9 Å². The molecule has 2 heterocycles. The van der Waals surface area contributed by atoms with Crippen molar-refractivity contribution in [2.45, 2.75) is 51.5 Å². The van der Waals surface area contributed by atoms with E-state index in [0.717, 1.165) is 42.8 Å². The van der Waals surface area contributed by atoms with Gasteiger partial charge in [-0.25, -0.2) is 4.98 Å². The third-order valence-corrected chi connectivity index (χ3v) is 4.92. The monoisotopic (exact) mass is 328 g/mol. The van der Waals surface area contributed by atoms with Gasteiger partial charge in [-0.1, -0.05) is 18.6 Å². The van der Waals surface area contributed by atoms with Crippen LogP contribution >= 0.6 is 0 Å². The van der Waals surface area contributed by atoms with Crippen molar-refractivity contribution in [2.75, 3.05) is 19.6 Å². The summed E-state index contributed by atoms with van der Waals surface area (Å²) in [6.07, 6.45) is 6.11. The standard InChI is InChI=1S/C19H28N4O/c1-15-7-4-5-13-23(15)14-12-20-19(24)11-6-10-18-21-16-8-2-3-9-17(16)22-18/h2-3,8-9,15H,4-7,10-14H2,1H3,(H,20,24)(H,21,22)/t15-/m1/s1. The number of imidazole rings is 1. The first-order valence-corrected chi connectivity index (χ1v) is 9.17. The number of benzene rings is 1. The first-order valence-electron chi connectivity index (χ1n) is 9.17. The third kappa shape index (κ3) is 4.57. The molecule has 1 aromatic heterocycles.